The van der Waals surface area contributed by atoms with Gasteiger partial charge in [0, 0.05) is 0 Å². The molecule has 0 bridgehead atoms. The zero-order chi connectivity index (χ0) is 14.5. The van der Waals surface area contributed by atoms with Crippen molar-refractivity contribution in [1.82, 2.24) is 0 Å². The quantitative estimate of drug-likeness (QED) is 0.667. The van der Waals surface area contributed by atoms with Gasteiger partial charge in [0.15, 0.2) is 21.8 Å². The summed E-state index contributed by atoms with van der Waals surface area (Å²) in [7, 11) is 0. The van der Waals surface area contributed by atoms with Crippen molar-refractivity contribution in [3.63, 3.8) is 0 Å². The van der Waals surface area contributed by atoms with Gasteiger partial charge in [-0.3, -0.25) is 0 Å². The second-order valence-electron chi connectivity index (χ2n) is 3.47. The van der Waals surface area contributed by atoms with Crippen LogP contribution in [-0.4, -0.2) is 0 Å². The number of nitriles is 2. The molecule has 0 aromatic carbocycles. The van der Waals surface area contributed by atoms with E-state index >= 15 is 0 Å². The molecule has 2 heterocycles. The molecular formula is C14H4N4O2. The maximum absolute atomic E-state index is 8.74. The highest BCUT2D eigenvalue weighted by Crippen LogP contribution is 1.99. The highest BCUT2D eigenvalue weighted by Gasteiger charge is 2.07. The van der Waals surface area contributed by atoms with Crippen LogP contribution >= 0.6 is 0 Å². The van der Waals surface area contributed by atoms with Crippen molar-refractivity contribution in [3.05, 3.63) is 68.8 Å². The Kier molecular flexibility index (Phi) is 3.35. The van der Waals surface area contributed by atoms with Crippen LogP contribution in [-0.2, 0) is 0 Å². The first-order chi connectivity index (χ1) is 9.73. The van der Waals surface area contributed by atoms with E-state index < -0.39 is 0 Å². The highest BCUT2D eigenvalue weighted by molar-refractivity contribution is 5.71. The predicted molar refractivity (Wildman–Crippen MR) is 65.6 cm³/mol. The van der Waals surface area contributed by atoms with E-state index in [1.165, 1.54) is 12.1 Å². The molecule has 2 rings (SSSR count). The molecule has 2 aromatic rings. The van der Waals surface area contributed by atoms with Crippen molar-refractivity contribution < 1.29 is 8.83 Å². The molecule has 6 nitrogen and oxygen atoms in total. The third-order valence-electron chi connectivity index (χ3n) is 2.36. The average molecular weight is 260 g/mol. The lowest BCUT2D eigenvalue weighted by Crippen LogP contribution is -1.97. The molecule has 0 fully saturated rings. The zero-order valence-corrected chi connectivity index (χ0v) is 9.91. The van der Waals surface area contributed by atoms with Crippen molar-refractivity contribution in [2.45, 2.75) is 0 Å². The van der Waals surface area contributed by atoms with Crippen LogP contribution in [0.2, 0.25) is 0 Å². The molecule has 92 valence electrons. The lowest BCUT2D eigenvalue weighted by molar-refractivity contribution is 0.447. The van der Waals surface area contributed by atoms with Crippen molar-refractivity contribution in [2.24, 2.45) is 0 Å². The summed E-state index contributed by atoms with van der Waals surface area (Å²) in [6.45, 7) is 13.7. The molecule has 0 radical (unpaired) electrons. The fraction of sp³-hybridized carbons (Fsp3) is 0. The normalized spacial score (nSPS) is 10.6. The van der Waals surface area contributed by atoms with Crippen LogP contribution in [0.25, 0.3) is 21.1 Å². The monoisotopic (exact) mass is 260 g/mol. The molecule has 20 heavy (non-hydrogen) atoms. The molecule has 0 unspecified atom stereocenters. The Labute approximate surface area is 112 Å². The minimum Gasteiger partial charge on any atom is -0.456 e. The Morgan fingerprint density at radius 3 is 1.90 bits per heavy atom. The molecule has 0 aliphatic carbocycles. The van der Waals surface area contributed by atoms with Gasteiger partial charge in [-0.25, -0.2) is 0 Å². The number of nitrogens with zero attached hydrogens (tertiary/aromatic N) is 4. The Bertz CT molecular complexity index is 925. The SMILES string of the molecule is [C-]#[N+]C([N+]#[C-])=c1cc/c(=c2/ccc(=C(C#N)C#N)o2)o1. The van der Waals surface area contributed by atoms with E-state index in [1.54, 1.807) is 24.3 Å². The predicted octanol–water partition coefficient (Wildman–Crippen LogP) is 1.26. The van der Waals surface area contributed by atoms with E-state index in [4.69, 9.17) is 32.5 Å². The summed E-state index contributed by atoms with van der Waals surface area (Å²) in [6, 6.07) is 9.50. The summed E-state index contributed by atoms with van der Waals surface area (Å²) in [4.78, 5) is 6.08. The minimum absolute atomic E-state index is 0.141. The average Bonchev–Trinajstić information content (AvgIpc) is 3.11. The van der Waals surface area contributed by atoms with Crippen molar-refractivity contribution >= 4 is 11.4 Å². The summed E-state index contributed by atoms with van der Waals surface area (Å²) >= 11 is 0. The van der Waals surface area contributed by atoms with E-state index in [0.717, 1.165) is 0 Å². The first kappa shape index (κ1) is 12.7. The molecular weight excluding hydrogens is 256 g/mol. The van der Waals surface area contributed by atoms with Crippen LogP contribution in [0.1, 0.15) is 0 Å². The molecule has 0 aliphatic rings. The van der Waals surface area contributed by atoms with Gasteiger partial charge in [0.2, 0.25) is 5.42 Å². The topological polar surface area (TPSA) is 82.6 Å². The smallest absolute Gasteiger partial charge is 0.456 e. The third kappa shape index (κ3) is 2.14. The van der Waals surface area contributed by atoms with Gasteiger partial charge in [0.05, 0.1) is 0 Å². The lowest BCUT2D eigenvalue weighted by atomic mass is 10.3. The largest absolute Gasteiger partial charge is 0.562 e. The molecule has 0 spiro atoms. The fourth-order valence-electron chi connectivity index (χ4n) is 1.47. The van der Waals surface area contributed by atoms with Gasteiger partial charge in [0.25, 0.3) is 0 Å². The number of hydrogen-bond acceptors (Lipinski definition) is 4. The Hall–Kier alpha value is -3.74. The minimum atomic E-state index is -0.177. The third-order valence-corrected chi connectivity index (χ3v) is 2.36. The van der Waals surface area contributed by atoms with E-state index in [2.05, 4.69) is 9.69 Å². The maximum atomic E-state index is 8.74. The van der Waals surface area contributed by atoms with Crippen molar-refractivity contribution in [3.8, 4) is 12.1 Å². The van der Waals surface area contributed by atoms with Crippen molar-refractivity contribution in [2.75, 3.05) is 0 Å². The summed E-state index contributed by atoms with van der Waals surface area (Å²) in [6.07, 6.45) is 0. The van der Waals surface area contributed by atoms with Crippen LogP contribution in [0.15, 0.2) is 33.1 Å². The first-order valence-electron chi connectivity index (χ1n) is 5.23. The molecule has 0 amide bonds. The molecule has 0 saturated heterocycles. The van der Waals surface area contributed by atoms with Gasteiger partial charge in [-0.15, -0.1) is 0 Å². The van der Waals surface area contributed by atoms with Gasteiger partial charge in [-0.05, 0) is 24.3 Å². The molecule has 2 aromatic heterocycles. The summed E-state index contributed by atoms with van der Waals surface area (Å²) < 4.78 is 10.7. The number of hydrogen-bond donors (Lipinski definition) is 0. The molecule has 0 N–H and O–H groups in total. The van der Waals surface area contributed by atoms with Crippen molar-refractivity contribution in [1.29, 1.82) is 10.5 Å². The second kappa shape index (κ2) is 5.27. The van der Waals surface area contributed by atoms with Crippen LogP contribution in [0, 0.1) is 46.6 Å². The summed E-state index contributed by atoms with van der Waals surface area (Å²) in [5, 5.41) is 17.5. The molecule has 6 heteroatoms. The van der Waals surface area contributed by atoms with Crippen LogP contribution in [0.4, 0.5) is 0 Å². The molecule has 0 aliphatic heterocycles. The Morgan fingerprint density at radius 1 is 0.900 bits per heavy atom. The maximum Gasteiger partial charge on any atom is 0.562 e. The fourth-order valence-corrected chi connectivity index (χ4v) is 1.47. The Balaban J connectivity index is 2.84. The summed E-state index contributed by atoms with van der Waals surface area (Å²) in [5.74, 6) is -0.177. The number of rotatable bonds is 0. The molecule has 0 saturated carbocycles. The van der Waals surface area contributed by atoms with Crippen LogP contribution < -0.4 is 10.8 Å². The first-order valence-corrected chi connectivity index (χ1v) is 5.23. The van der Waals surface area contributed by atoms with Gasteiger partial charge < -0.3 is 8.83 Å². The van der Waals surface area contributed by atoms with Gasteiger partial charge in [-0.1, -0.05) is 0 Å². The zero-order valence-electron chi connectivity index (χ0n) is 9.91. The van der Waals surface area contributed by atoms with E-state index in [9.17, 15) is 0 Å². The van der Waals surface area contributed by atoms with Crippen LogP contribution in [0.3, 0.4) is 0 Å². The number of furan rings is 2. The van der Waals surface area contributed by atoms with E-state index in [1.807, 2.05) is 0 Å². The van der Waals surface area contributed by atoms with E-state index in [-0.39, 0.29) is 22.2 Å². The van der Waals surface area contributed by atoms with Gasteiger partial charge >= 0.3 is 5.82 Å². The second-order valence-corrected chi connectivity index (χ2v) is 3.47. The standard InChI is InChI=1S/C14H4N4O2/c1-17-14(18-2)13-6-5-12(20-13)11-4-3-10(19-11)9(7-15)8-16/h3-6H/b12-11+. The lowest BCUT2D eigenvalue weighted by Gasteiger charge is -1.77. The van der Waals surface area contributed by atoms with Gasteiger partial charge in [-0.2, -0.15) is 20.2 Å². The van der Waals surface area contributed by atoms with E-state index in [0.29, 0.717) is 10.8 Å². The highest BCUT2D eigenvalue weighted by atomic mass is 16.4. The van der Waals surface area contributed by atoms with Crippen LogP contribution in [0.5, 0.6) is 0 Å². The van der Waals surface area contributed by atoms with Gasteiger partial charge in [0.1, 0.15) is 25.3 Å². The molecule has 0 atom stereocenters. The summed E-state index contributed by atoms with van der Waals surface area (Å²) in [5.41, 5.74) is 0.766. The Morgan fingerprint density at radius 2 is 1.40 bits per heavy atom.